The first-order valence-corrected chi connectivity index (χ1v) is 7.38. The van der Waals surface area contributed by atoms with Crippen molar-refractivity contribution in [1.29, 1.82) is 0 Å². The van der Waals surface area contributed by atoms with Crippen LogP contribution in [-0.4, -0.2) is 44.6 Å². The number of nitro groups is 1. The van der Waals surface area contributed by atoms with E-state index in [-0.39, 0.29) is 25.5 Å². The molecule has 24 heavy (non-hydrogen) atoms. The number of hydrogen-bond acceptors (Lipinski definition) is 7. The zero-order chi connectivity index (χ0) is 17.8. The molecule has 0 atom stereocenters. The molecule has 8 nitrogen and oxygen atoms in total. The van der Waals surface area contributed by atoms with Crippen LogP contribution in [0, 0.1) is 10.1 Å². The van der Waals surface area contributed by atoms with E-state index in [1.54, 1.807) is 20.1 Å². The van der Waals surface area contributed by atoms with Gasteiger partial charge in [0.05, 0.1) is 24.7 Å². The van der Waals surface area contributed by atoms with Gasteiger partial charge in [0.25, 0.3) is 5.69 Å². The van der Waals surface area contributed by atoms with Gasteiger partial charge in [0.2, 0.25) is 0 Å². The molecule has 0 unspecified atom stereocenters. The van der Waals surface area contributed by atoms with Crippen LogP contribution in [0.15, 0.2) is 30.4 Å². The fourth-order valence-corrected chi connectivity index (χ4v) is 1.78. The van der Waals surface area contributed by atoms with Crippen molar-refractivity contribution in [3.63, 3.8) is 0 Å². The Balaban J connectivity index is 2.70. The fourth-order valence-electron chi connectivity index (χ4n) is 1.78. The van der Waals surface area contributed by atoms with Gasteiger partial charge in [-0.3, -0.25) is 10.1 Å². The normalized spacial score (nSPS) is 10.8. The van der Waals surface area contributed by atoms with E-state index in [1.165, 1.54) is 24.3 Å². The number of ether oxygens (including phenoxy) is 4. The molecular weight excluding hydrogens is 318 g/mol. The van der Waals surface area contributed by atoms with Crippen LogP contribution in [0.5, 0.6) is 5.75 Å². The van der Waals surface area contributed by atoms with E-state index in [2.05, 4.69) is 0 Å². The van der Waals surface area contributed by atoms with Gasteiger partial charge in [-0.1, -0.05) is 6.08 Å². The molecule has 132 valence electrons. The molecule has 0 radical (unpaired) electrons. The van der Waals surface area contributed by atoms with Crippen molar-refractivity contribution in [2.24, 2.45) is 0 Å². The lowest BCUT2D eigenvalue weighted by molar-refractivity contribution is -0.385. The number of nitrogens with zero attached hydrogens (tertiary/aromatic N) is 1. The molecule has 0 bridgehead atoms. The zero-order valence-corrected chi connectivity index (χ0v) is 13.7. The third-order valence-corrected chi connectivity index (χ3v) is 2.87. The highest BCUT2D eigenvalue weighted by atomic mass is 16.7. The number of carbonyl (C=O) groups excluding carboxylic acids is 1. The molecular formula is C16H21NO7. The van der Waals surface area contributed by atoms with Crippen molar-refractivity contribution in [2.45, 2.75) is 13.3 Å². The third-order valence-electron chi connectivity index (χ3n) is 2.87. The van der Waals surface area contributed by atoms with E-state index >= 15 is 0 Å². The summed E-state index contributed by atoms with van der Waals surface area (Å²) >= 11 is 0. The monoisotopic (exact) mass is 339 g/mol. The van der Waals surface area contributed by atoms with Gasteiger partial charge < -0.3 is 18.9 Å². The Morgan fingerprint density at radius 2 is 2.12 bits per heavy atom. The van der Waals surface area contributed by atoms with Crippen LogP contribution in [0.3, 0.4) is 0 Å². The zero-order valence-electron chi connectivity index (χ0n) is 13.7. The topological polar surface area (TPSA) is 97.1 Å². The predicted octanol–water partition coefficient (Wildman–Crippen LogP) is 2.26. The molecule has 0 aromatic heterocycles. The second-order valence-corrected chi connectivity index (χ2v) is 4.57. The predicted molar refractivity (Wildman–Crippen MR) is 85.9 cm³/mol. The second kappa shape index (κ2) is 11.1. The average molecular weight is 339 g/mol. The minimum absolute atomic E-state index is 0.0132. The summed E-state index contributed by atoms with van der Waals surface area (Å²) in [6.07, 6.45) is 2.96. The molecule has 1 aromatic rings. The number of benzene rings is 1. The van der Waals surface area contributed by atoms with E-state index in [0.29, 0.717) is 24.5 Å². The SMILES string of the molecule is CCOC(=O)C=CCc1cc(OCOCCOC)ccc1[N+](=O)[O-]. The third kappa shape index (κ3) is 7.21. The molecule has 1 rings (SSSR count). The molecule has 0 saturated heterocycles. The molecule has 0 aliphatic rings. The standard InChI is InChI=1S/C16H21NO7/c1-3-23-16(18)6-4-5-13-11-14(7-8-15(13)17(19)20)24-12-22-10-9-21-2/h4,6-8,11H,3,5,9-10,12H2,1-2H3. The number of methoxy groups -OCH3 is 1. The summed E-state index contributed by atoms with van der Waals surface area (Å²) in [5.74, 6) is -0.0448. The van der Waals surface area contributed by atoms with Crippen LogP contribution >= 0.6 is 0 Å². The van der Waals surface area contributed by atoms with E-state index in [0.717, 1.165) is 0 Å². The van der Waals surface area contributed by atoms with Crippen molar-refractivity contribution in [1.82, 2.24) is 0 Å². The van der Waals surface area contributed by atoms with Crippen LogP contribution in [0.4, 0.5) is 5.69 Å². The summed E-state index contributed by atoms with van der Waals surface area (Å²) in [5.41, 5.74) is 0.381. The van der Waals surface area contributed by atoms with Gasteiger partial charge in [-0.2, -0.15) is 0 Å². The highest BCUT2D eigenvalue weighted by Gasteiger charge is 2.13. The van der Waals surface area contributed by atoms with Crippen molar-refractivity contribution >= 4 is 11.7 Å². The van der Waals surface area contributed by atoms with Crippen LogP contribution < -0.4 is 4.74 Å². The molecule has 0 heterocycles. The molecule has 8 heteroatoms. The summed E-state index contributed by atoms with van der Waals surface area (Å²) < 4.78 is 20.1. The summed E-state index contributed by atoms with van der Waals surface area (Å²) in [6.45, 7) is 2.83. The van der Waals surface area contributed by atoms with Crippen LogP contribution in [-0.2, 0) is 25.4 Å². The van der Waals surface area contributed by atoms with E-state index in [4.69, 9.17) is 18.9 Å². The number of allylic oxidation sites excluding steroid dienone is 1. The van der Waals surface area contributed by atoms with Crippen LogP contribution in [0.2, 0.25) is 0 Å². The Bertz CT molecular complexity index is 572. The Labute approximate surface area is 140 Å². The summed E-state index contributed by atoms with van der Waals surface area (Å²) in [4.78, 5) is 21.8. The molecule has 0 aliphatic heterocycles. The first kappa shape index (κ1) is 19.6. The summed E-state index contributed by atoms with van der Waals surface area (Å²) in [6, 6.07) is 4.40. The highest BCUT2D eigenvalue weighted by Crippen LogP contribution is 2.25. The summed E-state index contributed by atoms with van der Waals surface area (Å²) in [7, 11) is 1.57. The lowest BCUT2D eigenvalue weighted by atomic mass is 10.1. The van der Waals surface area contributed by atoms with Crippen LogP contribution in [0.25, 0.3) is 0 Å². The van der Waals surface area contributed by atoms with Crippen LogP contribution in [0.1, 0.15) is 12.5 Å². The lowest BCUT2D eigenvalue weighted by Crippen LogP contribution is -2.08. The van der Waals surface area contributed by atoms with Gasteiger partial charge in [-0.15, -0.1) is 0 Å². The largest absolute Gasteiger partial charge is 0.468 e. The number of nitro benzene ring substituents is 1. The van der Waals surface area contributed by atoms with E-state index in [9.17, 15) is 14.9 Å². The number of hydrogen-bond donors (Lipinski definition) is 0. The van der Waals surface area contributed by atoms with Crippen molar-refractivity contribution in [3.8, 4) is 5.75 Å². The molecule has 0 N–H and O–H groups in total. The lowest BCUT2D eigenvalue weighted by Gasteiger charge is -2.08. The van der Waals surface area contributed by atoms with E-state index in [1.807, 2.05) is 0 Å². The summed E-state index contributed by atoms with van der Waals surface area (Å²) in [5, 5.41) is 11.1. The second-order valence-electron chi connectivity index (χ2n) is 4.57. The average Bonchev–Trinajstić information content (AvgIpc) is 2.55. The minimum atomic E-state index is -0.487. The number of carbonyl (C=O) groups is 1. The number of esters is 1. The number of rotatable bonds is 11. The first-order valence-electron chi connectivity index (χ1n) is 7.38. The Kier molecular flexibility index (Phi) is 9.10. The minimum Gasteiger partial charge on any atom is -0.468 e. The molecule has 0 saturated carbocycles. The maximum Gasteiger partial charge on any atom is 0.330 e. The Hall–Kier alpha value is -2.45. The Morgan fingerprint density at radius 3 is 2.79 bits per heavy atom. The molecule has 1 aromatic carbocycles. The fraction of sp³-hybridized carbons (Fsp3) is 0.438. The maximum absolute atomic E-state index is 11.3. The van der Waals surface area contributed by atoms with Crippen molar-refractivity contribution in [2.75, 3.05) is 33.7 Å². The van der Waals surface area contributed by atoms with Gasteiger partial charge in [0.15, 0.2) is 6.79 Å². The highest BCUT2D eigenvalue weighted by molar-refractivity contribution is 5.81. The molecule has 0 spiro atoms. The molecule has 0 aliphatic carbocycles. The first-order chi connectivity index (χ1) is 11.6. The quantitative estimate of drug-likeness (QED) is 0.152. The van der Waals surface area contributed by atoms with Gasteiger partial charge in [-0.05, 0) is 25.5 Å². The van der Waals surface area contributed by atoms with Gasteiger partial charge in [-0.25, -0.2) is 4.79 Å². The van der Waals surface area contributed by atoms with E-state index < -0.39 is 10.9 Å². The smallest absolute Gasteiger partial charge is 0.330 e. The van der Waals surface area contributed by atoms with Gasteiger partial charge in [0, 0.05) is 24.8 Å². The Morgan fingerprint density at radius 1 is 1.33 bits per heavy atom. The van der Waals surface area contributed by atoms with Gasteiger partial charge in [0.1, 0.15) is 5.75 Å². The molecule has 0 amide bonds. The van der Waals surface area contributed by atoms with Crippen molar-refractivity contribution < 1.29 is 28.7 Å². The maximum atomic E-state index is 11.3. The van der Waals surface area contributed by atoms with Gasteiger partial charge >= 0.3 is 5.97 Å². The van der Waals surface area contributed by atoms with Crippen molar-refractivity contribution in [3.05, 3.63) is 46.0 Å². The molecule has 0 fully saturated rings.